The molecule has 4 aliphatic rings. The number of rotatable bonds is 1. The van der Waals surface area contributed by atoms with Gasteiger partial charge in [0.2, 0.25) is 0 Å². The minimum atomic E-state index is -0.160. The van der Waals surface area contributed by atoms with Crippen molar-refractivity contribution in [3.8, 4) is 39.4 Å². The lowest BCUT2D eigenvalue weighted by Gasteiger charge is -2.46. The minimum Gasteiger partial charge on any atom is -0.453 e. The fraction of sp³-hybridized carbons (Fsp3) is 0.0667. The molecular formula is C45H27BN2OS. The van der Waals surface area contributed by atoms with Crippen LogP contribution in [0.4, 0.5) is 11.4 Å². The van der Waals surface area contributed by atoms with Crippen LogP contribution < -0.4 is 20.5 Å². The van der Waals surface area contributed by atoms with E-state index in [-0.39, 0.29) is 12.3 Å². The molecule has 13 rings (SSSR count). The van der Waals surface area contributed by atoms with E-state index in [1.54, 1.807) is 0 Å². The number of aromatic nitrogens is 1. The van der Waals surface area contributed by atoms with Crippen molar-refractivity contribution in [2.75, 3.05) is 4.81 Å². The molecule has 0 N–H and O–H groups in total. The highest BCUT2D eigenvalue weighted by molar-refractivity contribution is 7.25. The highest BCUT2D eigenvalue weighted by Gasteiger charge is 2.50. The first kappa shape index (κ1) is 26.1. The molecule has 0 spiro atoms. The molecule has 6 heterocycles. The van der Waals surface area contributed by atoms with Gasteiger partial charge in [-0.05, 0) is 75.1 Å². The first-order valence-electron chi connectivity index (χ1n) is 17.5. The van der Waals surface area contributed by atoms with Gasteiger partial charge < -0.3 is 14.1 Å². The third kappa shape index (κ3) is 2.83. The Labute approximate surface area is 292 Å². The van der Waals surface area contributed by atoms with Gasteiger partial charge in [0.15, 0.2) is 5.75 Å². The van der Waals surface area contributed by atoms with E-state index < -0.39 is 0 Å². The van der Waals surface area contributed by atoms with Crippen molar-refractivity contribution < 1.29 is 4.74 Å². The summed E-state index contributed by atoms with van der Waals surface area (Å²) in [6, 6.07) is 47.7. The summed E-state index contributed by atoms with van der Waals surface area (Å²) < 4.78 is 12.0. The van der Waals surface area contributed by atoms with E-state index in [2.05, 4.69) is 151 Å². The average molecular weight is 655 g/mol. The van der Waals surface area contributed by atoms with Crippen molar-refractivity contribution >= 4 is 82.5 Å². The molecule has 0 radical (unpaired) electrons. The van der Waals surface area contributed by atoms with Gasteiger partial charge >= 0.3 is 6.85 Å². The van der Waals surface area contributed by atoms with Gasteiger partial charge in [-0.3, -0.25) is 0 Å². The summed E-state index contributed by atoms with van der Waals surface area (Å²) in [6.45, 7) is 4.82. The Morgan fingerprint density at radius 3 is 2.34 bits per heavy atom. The molecule has 0 bridgehead atoms. The van der Waals surface area contributed by atoms with Crippen molar-refractivity contribution in [2.45, 2.75) is 19.3 Å². The lowest BCUT2D eigenvalue weighted by atomic mass is 9.43. The maximum absolute atomic E-state index is 6.68. The van der Waals surface area contributed by atoms with Crippen LogP contribution >= 0.6 is 11.3 Å². The standard InChI is InChI=1S/C45H27BN2OS/c1-45(2)31-13-7-12-28-39-29(24-20-21-26-25-10-3-6-19-37(25)50-38(26)22-24)23-30-27-11-8-18-36-42(27)48(34-16-4-5-17-35(34)49-36)46-33-15-9-14-32(45)43(33)47(41(28)31)44(39)40(30)46/h3-23H,1-2H3. The van der Waals surface area contributed by atoms with Crippen LogP contribution in [0.25, 0.3) is 69.9 Å². The molecule has 0 saturated heterocycles. The number of hydrogen-bond donors (Lipinski definition) is 0. The summed E-state index contributed by atoms with van der Waals surface area (Å²) in [5.41, 5.74) is 16.8. The van der Waals surface area contributed by atoms with Gasteiger partial charge in [0.1, 0.15) is 5.75 Å². The summed E-state index contributed by atoms with van der Waals surface area (Å²) in [5.74, 6) is 1.82. The Bertz CT molecular complexity index is 3080. The SMILES string of the molecule is CC1(C)c2cccc3c2-n2c4c1cccc4c1c(-c4ccc5c(c4)sc4ccccc45)cc4c(c12)B3N1c2ccccc2Oc2cccc-4c21. The van der Waals surface area contributed by atoms with Crippen LogP contribution in [-0.2, 0) is 5.41 Å². The van der Waals surface area contributed by atoms with E-state index in [9.17, 15) is 0 Å². The zero-order valence-electron chi connectivity index (χ0n) is 27.4. The van der Waals surface area contributed by atoms with E-state index in [4.69, 9.17) is 4.74 Å². The topological polar surface area (TPSA) is 17.4 Å². The molecule has 9 aromatic rings. The Morgan fingerprint density at radius 1 is 0.600 bits per heavy atom. The third-order valence-electron chi connectivity index (χ3n) is 12.1. The van der Waals surface area contributed by atoms with E-state index in [0.717, 1.165) is 22.9 Å². The second kappa shape index (κ2) is 8.50. The number of thiophene rings is 1. The first-order chi connectivity index (χ1) is 24.6. The number of para-hydroxylation sites is 5. The molecule has 0 amide bonds. The second-order valence-electron chi connectivity index (χ2n) is 14.8. The Hall–Kier alpha value is -5.78. The van der Waals surface area contributed by atoms with Crippen LogP contribution in [0.3, 0.4) is 0 Å². The van der Waals surface area contributed by atoms with Gasteiger partial charge in [0.25, 0.3) is 0 Å². The number of benzene rings is 7. The number of nitrogens with zero attached hydrogens (tertiary/aromatic N) is 2. The van der Waals surface area contributed by atoms with Crippen LogP contribution in [0.15, 0.2) is 127 Å². The zero-order valence-corrected chi connectivity index (χ0v) is 28.2. The van der Waals surface area contributed by atoms with E-state index >= 15 is 0 Å². The molecule has 5 heteroatoms. The minimum absolute atomic E-state index is 0.00515. The Morgan fingerprint density at radius 2 is 1.38 bits per heavy atom. The third-order valence-corrected chi connectivity index (χ3v) is 13.3. The fourth-order valence-electron chi connectivity index (χ4n) is 10.1. The Kier molecular flexibility index (Phi) is 4.44. The molecule has 50 heavy (non-hydrogen) atoms. The molecule has 0 fully saturated rings. The molecule has 0 unspecified atom stereocenters. The van der Waals surface area contributed by atoms with E-state index in [0.29, 0.717) is 0 Å². The van der Waals surface area contributed by atoms with Crippen LogP contribution in [0.1, 0.15) is 25.0 Å². The molecule has 232 valence electrons. The number of anilines is 2. The molecular weight excluding hydrogens is 627 g/mol. The van der Waals surface area contributed by atoms with Crippen molar-refractivity contribution in [3.63, 3.8) is 0 Å². The van der Waals surface area contributed by atoms with Gasteiger partial charge in [-0.1, -0.05) is 105 Å². The largest absolute Gasteiger partial charge is 0.453 e. The smallest absolute Gasteiger partial charge is 0.333 e. The van der Waals surface area contributed by atoms with Crippen LogP contribution in [0, 0.1) is 0 Å². The van der Waals surface area contributed by atoms with Gasteiger partial charge in [0, 0.05) is 47.6 Å². The maximum atomic E-state index is 6.68. The lowest BCUT2D eigenvalue weighted by Crippen LogP contribution is -2.61. The highest BCUT2D eigenvalue weighted by atomic mass is 32.1. The fourth-order valence-corrected chi connectivity index (χ4v) is 11.2. The lowest BCUT2D eigenvalue weighted by molar-refractivity contribution is 0.478. The van der Waals surface area contributed by atoms with Gasteiger partial charge in [-0.2, -0.15) is 0 Å². The quantitative estimate of drug-likeness (QED) is 0.164. The summed E-state index contributed by atoms with van der Waals surface area (Å²) in [4.78, 5) is 2.59. The molecule has 7 aromatic carbocycles. The van der Waals surface area contributed by atoms with Gasteiger partial charge in [-0.15, -0.1) is 11.3 Å². The zero-order chi connectivity index (χ0) is 32.6. The summed E-state index contributed by atoms with van der Waals surface area (Å²) in [6.07, 6.45) is 0. The van der Waals surface area contributed by atoms with Crippen LogP contribution in [-0.4, -0.2) is 11.4 Å². The van der Waals surface area contributed by atoms with Crippen molar-refractivity contribution in [3.05, 3.63) is 139 Å². The summed E-state index contributed by atoms with van der Waals surface area (Å²) in [7, 11) is 0. The molecule has 4 aliphatic heterocycles. The molecule has 3 nitrogen and oxygen atoms in total. The summed E-state index contributed by atoms with van der Waals surface area (Å²) in [5, 5.41) is 5.35. The number of hydrogen-bond acceptors (Lipinski definition) is 3. The predicted octanol–water partition coefficient (Wildman–Crippen LogP) is 10.8. The van der Waals surface area contributed by atoms with Gasteiger partial charge in [0.05, 0.1) is 22.4 Å². The van der Waals surface area contributed by atoms with Gasteiger partial charge in [-0.25, -0.2) is 0 Å². The highest BCUT2D eigenvalue weighted by Crippen LogP contribution is 2.57. The predicted molar refractivity (Wildman–Crippen MR) is 210 cm³/mol. The van der Waals surface area contributed by atoms with Crippen molar-refractivity contribution in [2.24, 2.45) is 0 Å². The summed E-state index contributed by atoms with van der Waals surface area (Å²) >= 11 is 1.89. The number of ether oxygens (including phenoxy) is 1. The number of fused-ring (bicyclic) bond motifs is 9. The average Bonchev–Trinajstić information content (AvgIpc) is 3.70. The molecule has 0 saturated carbocycles. The van der Waals surface area contributed by atoms with Crippen LogP contribution in [0.5, 0.6) is 11.5 Å². The van der Waals surface area contributed by atoms with Crippen molar-refractivity contribution in [1.82, 2.24) is 4.57 Å². The molecule has 0 atom stereocenters. The second-order valence-corrected chi connectivity index (χ2v) is 15.9. The molecule has 2 aromatic heterocycles. The Balaban J connectivity index is 1.26. The van der Waals surface area contributed by atoms with E-state index in [1.807, 2.05) is 11.3 Å². The molecule has 0 aliphatic carbocycles. The maximum Gasteiger partial charge on any atom is 0.333 e. The van der Waals surface area contributed by atoms with Crippen molar-refractivity contribution in [1.29, 1.82) is 0 Å². The van der Waals surface area contributed by atoms with E-state index in [1.165, 1.54) is 92.0 Å². The van der Waals surface area contributed by atoms with Crippen LogP contribution in [0.2, 0.25) is 0 Å². The monoisotopic (exact) mass is 654 g/mol. The first-order valence-corrected chi connectivity index (χ1v) is 18.3. The normalized spacial score (nSPS) is 15.2.